The lowest BCUT2D eigenvalue weighted by Crippen LogP contribution is -2.49. The molecule has 12 rings (SSSR count). The zero-order chi connectivity index (χ0) is 33.4. The number of hydrogen-bond donors (Lipinski definition) is 0. The Labute approximate surface area is 298 Å². The van der Waals surface area contributed by atoms with Crippen LogP contribution in [0.5, 0.6) is 0 Å². The molecule has 2 aliphatic heterocycles. The molecule has 4 heteroatoms. The number of allylic oxidation sites excluding steroid dienone is 1. The van der Waals surface area contributed by atoms with Crippen LogP contribution in [-0.4, -0.2) is 4.40 Å². The van der Waals surface area contributed by atoms with Crippen molar-refractivity contribution in [3.63, 3.8) is 0 Å². The van der Waals surface area contributed by atoms with Gasteiger partial charge in [0.15, 0.2) is 24.1 Å². The van der Waals surface area contributed by atoms with E-state index in [1.807, 2.05) is 11.3 Å². The van der Waals surface area contributed by atoms with E-state index in [1.54, 1.807) is 0 Å². The zero-order valence-electron chi connectivity index (χ0n) is 28.0. The van der Waals surface area contributed by atoms with Crippen molar-refractivity contribution in [3.8, 4) is 22.5 Å². The second-order valence-corrected chi connectivity index (χ2v) is 15.6. The fourth-order valence-electron chi connectivity index (χ4n) is 9.83. The molecule has 0 bridgehead atoms. The highest BCUT2D eigenvalue weighted by Gasteiger charge is 2.42. The van der Waals surface area contributed by atoms with Crippen molar-refractivity contribution in [2.24, 2.45) is 0 Å². The summed E-state index contributed by atoms with van der Waals surface area (Å²) in [5.74, 6) is 0.362. The standard InChI is InChI=1S/C47H33N3S/c1-28-23-42-32(30-11-2-3-12-31(30)40-16-7-9-22-49(40)42)20-19-29-24-43-37(25-36(29)41-17-6-8-21-48(28)41)34-14-10-15-35-38-27-46-39(26-44(38)50(43)47(34)35)33-13-4-5-18-45(33)51-46/h2-18,21-22,24-27,32,42H,1,19-20,23H2/q+2. The van der Waals surface area contributed by atoms with Crippen LogP contribution in [-0.2, 0) is 6.42 Å². The lowest BCUT2D eigenvalue weighted by atomic mass is 9.77. The summed E-state index contributed by atoms with van der Waals surface area (Å²) in [7, 11) is 0. The van der Waals surface area contributed by atoms with E-state index in [1.165, 1.54) is 91.9 Å². The van der Waals surface area contributed by atoms with E-state index in [2.05, 4.69) is 153 Å². The summed E-state index contributed by atoms with van der Waals surface area (Å²) in [6, 6.07) is 48.3. The molecule has 5 aromatic heterocycles. The summed E-state index contributed by atoms with van der Waals surface area (Å²) >= 11 is 1.90. The van der Waals surface area contributed by atoms with Gasteiger partial charge in [0.25, 0.3) is 0 Å². The predicted octanol–water partition coefficient (Wildman–Crippen LogP) is 11.3. The summed E-state index contributed by atoms with van der Waals surface area (Å²) in [4.78, 5) is 0. The number of aromatic nitrogens is 3. The summed E-state index contributed by atoms with van der Waals surface area (Å²) in [5, 5.41) is 8.00. The average molecular weight is 672 g/mol. The maximum absolute atomic E-state index is 4.77. The van der Waals surface area contributed by atoms with Crippen molar-refractivity contribution in [2.45, 2.75) is 31.2 Å². The molecule has 3 nitrogen and oxygen atoms in total. The van der Waals surface area contributed by atoms with E-state index in [9.17, 15) is 0 Å². The molecule has 2 unspecified atom stereocenters. The van der Waals surface area contributed by atoms with Crippen molar-refractivity contribution in [1.82, 2.24) is 4.40 Å². The molecule has 5 aromatic carbocycles. The van der Waals surface area contributed by atoms with E-state index >= 15 is 0 Å². The Hall–Kier alpha value is -5.84. The van der Waals surface area contributed by atoms with Gasteiger partial charge in [0.1, 0.15) is 0 Å². The lowest BCUT2D eigenvalue weighted by molar-refractivity contribution is -0.720. The molecule has 0 radical (unpaired) electrons. The second-order valence-electron chi connectivity index (χ2n) is 14.5. The molecule has 0 saturated heterocycles. The molecule has 7 heterocycles. The average Bonchev–Trinajstić information content (AvgIpc) is 3.82. The molecule has 0 saturated carbocycles. The Balaban J connectivity index is 1.14. The molecule has 0 aliphatic carbocycles. The minimum absolute atomic E-state index is 0.278. The first-order chi connectivity index (χ1) is 25.2. The number of benzene rings is 5. The maximum atomic E-state index is 4.77. The summed E-state index contributed by atoms with van der Waals surface area (Å²) < 4.78 is 10.2. The number of fused-ring (bicyclic) bond motifs is 18. The minimum atomic E-state index is 0.278. The van der Waals surface area contributed by atoms with Crippen LogP contribution in [0.2, 0.25) is 0 Å². The van der Waals surface area contributed by atoms with E-state index in [0.29, 0.717) is 5.92 Å². The van der Waals surface area contributed by atoms with Crippen LogP contribution in [0.25, 0.3) is 86.5 Å². The molecule has 10 aromatic rings. The Morgan fingerprint density at radius 3 is 2.27 bits per heavy atom. The van der Waals surface area contributed by atoms with Gasteiger partial charge >= 0.3 is 0 Å². The molecule has 0 fully saturated rings. The number of para-hydroxylation sites is 1. The first-order valence-corrected chi connectivity index (χ1v) is 18.9. The van der Waals surface area contributed by atoms with Crippen molar-refractivity contribution in [1.29, 1.82) is 0 Å². The number of rotatable bonds is 0. The van der Waals surface area contributed by atoms with E-state index in [4.69, 9.17) is 6.58 Å². The first kappa shape index (κ1) is 27.9. The third-order valence-corrected chi connectivity index (χ3v) is 13.2. The molecule has 2 atom stereocenters. The molecule has 0 N–H and O–H groups in total. The van der Waals surface area contributed by atoms with E-state index in [-0.39, 0.29) is 6.04 Å². The number of pyridine rings is 2. The van der Waals surface area contributed by atoms with Gasteiger partial charge < -0.3 is 4.40 Å². The van der Waals surface area contributed by atoms with Gasteiger partial charge in [-0.05, 0) is 79.1 Å². The molecule has 51 heavy (non-hydrogen) atoms. The summed E-state index contributed by atoms with van der Waals surface area (Å²) in [6.45, 7) is 4.77. The summed E-state index contributed by atoms with van der Waals surface area (Å²) in [5.41, 5.74) is 13.1. The predicted molar refractivity (Wildman–Crippen MR) is 212 cm³/mol. The van der Waals surface area contributed by atoms with E-state index in [0.717, 1.165) is 25.0 Å². The Morgan fingerprint density at radius 1 is 0.608 bits per heavy atom. The number of hydrogen-bond acceptors (Lipinski definition) is 1. The lowest BCUT2D eigenvalue weighted by Gasteiger charge is -2.31. The first-order valence-electron chi connectivity index (χ1n) is 18.1. The zero-order valence-corrected chi connectivity index (χ0v) is 28.8. The van der Waals surface area contributed by atoms with Gasteiger partial charge in [-0.3, -0.25) is 0 Å². The number of aryl methyl sites for hydroxylation is 1. The SMILES string of the molecule is C=C1CC2C(CCc3cc4c(cc3-c3cccc[n+]31)c1cccc3c5cc6sc7ccccc7c6cc5n4c13)c1ccccc1-c1cccc[n+]12. The van der Waals surface area contributed by atoms with Gasteiger partial charge in [0.2, 0.25) is 11.4 Å². The van der Waals surface area contributed by atoms with Gasteiger partial charge in [0, 0.05) is 77.5 Å². The molecular weight excluding hydrogens is 639 g/mol. The van der Waals surface area contributed by atoms with Crippen LogP contribution in [0.4, 0.5) is 0 Å². The van der Waals surface area contributed by atoms with E-state index < -0.39 is 0 Å². The summed E-state index contributed by atoms with van der Waals surface area (Å²) in [6.07, 6.45) is 7.43. The van der Waals surface area contributed by atoms with Crippen LogP contribution in [0.15, 0.2) is 146 Å². The monoisotopic (exact) mass is 671 g/mol. The van der Waals surface area contributed by atoms with Crippen molar-refractivity contribution in [2.75, 3.05) is 0 Å². The minimum Gasteiger partial charge on any atom is -0.308 e. The van der Waals surface area contributed by atoms with Crippen LogP contribution < -0.4 is 9.13 Å². The Morgan fingerprint density at radius 2 is 1.35 bits per heavy atom. The van der Waals surface area contributed by atoms with Gasteiger partial charge in [0.05, 0.1) is 28.5 Å². The quantitative estimate of drug-likeness (QED) is 0.142. The second kappa shape index (κ2) is 10.1. The molecule has 0 amide bonds. The normalized spacial score (nSPS) is 17.2. The molecule has 240 valence electrons. The van der Waals surface area contributed by atoms with Crippen molar-refractivity contribution < 1.29 is 9.13 Å². The van der Waals surface area contributed by atoms with Gasteiger partial charge in [-0.1, -0.05) is 54.6 Å². The third kappa shape index (κ3) is 3.73. The highest BCUT2D eigenvalue weighted by molar-refractivity contribution is 7.25. The smallest absolute Gasteiger partial charge is 0.218 e. The molecule has 2 aliphatic rings. The fourth-order valence-corrected chi connectivity index (χ4v) is 11.0. The van der Waals surface area contributed by atoms with Crippen molar-refractivity contribution in [3.05, 3.63) is 157 Å². The Kier molecular flexibility index (Phi) is 5.54. The van der Waals surface area contributed by atoms with Crippen LogP contribution in [0.3, 0.4) is 0 Å². The molecular formula is C47H33N3S+2. The third-order valence-electron chi connectivity index (χ3n) is 12.0. The molecule has 0 spiro atoms. The highest BCUT2D eigenvalue weighted by atomic mass is 32.1. The van der Waals surface area contributed by atoms with Gasteiger partial charge in [-0.2, -0.15) is 9.13 Å². The fraction of sp³-hybridized carbons (Fsp3) is 0.106. The van der Waals surface area contributed by atoms with Gasteiger partial charge in [-0.15, -0.1) is 11.3 Å². The largest absolute Gasteiger partial charge is 0.308 e. The van der Waals surface area contributed by atoms with Crippen LogP contribution in [0.1, 0.15) is 35.9 Å². The van der Waals surface area contributed by atoms with Gasteiger partial charge in [-0.25, -0.2) is 0 Å². The topological polar surface area (TPSA) is 12.2 Å². The number of nitrogens with zero attached hydrogens (tertiary/aromatic N) is 3. The Bertz CT molecular complexity index is 3110. The van der Waals surface area contributed by atoms with Crippen LogP contribution in [0, 0.1) is 0 Å². The number of thiophene rings is 1. The van der Waals surface area contributed by atoms with Crippen LogP contribution >= 0.6 is 11.3 Å². The van der Waals surface area contributed by atoms with Crippen molar-refractivity contribution >= 4 is 75.3 Å². The highest BCUT2D eigenvalue weighted by Crippen LogP contribution is 2.47. The maximum Gasteiger partial charge on any atom is 0.218 e.